The zero-order valence-corrected chi connectivity index (χ0v) is 16.2. The Labute approximate surface area is 162 Å². The molecule has 0 aliphatic rings. The molecule has 28 heavy (non-hydrogen) atoms. The van der Waals surface area contributed by atoms with Crippen LogP contribution >= 0.6 is 0 Å². The molecular formula is C20H22N4O4. The van der Waals surface area contributed by atoms with Crippen molar-refractivity contribution in [3.05, 3.63) is 52.3 Å². The van der Waals surface area contributed by atoms with Crippen LogP contribution in [0.5, 0.6) is 17.2 Å². The second kappa shape index (κ2) is 8.43. The highest BCUT2D eigenvalue weighted by molar-refractivity contribution is 5.88. The molecule has 1 aromatic heterocycles. The maximum atomic E-state index is 12.7. The molecule has 0 fully saturated rings. The molecule has 146 valence electrons. The van der Waals surface area contributed by atoms with Gasteiger partial charge in [-0.05, 0) is 19.1 Å². The molecule has 0 amide bonds. The SMILES string of the molecule is CCn1c(N/N=C\c2c(OC)cc(OC)cc2OC)nc2ccccc2c1=O. The summed E-state index contributed by atoms with van der Waals surface area (Å²) in [5, 5.41) is 4.81. The van der Waals surface area contributed by atoms with Crippen molar-refractivity contribution in [2.24, 2.45) is 5.10 Å². The first-order chi connectivity index (χ1) is 13.6. The van der Waals surface area contributed by atoms with Gasteiger partial charge in [-0.25, -0.2) is 10.4 Å². The van der Waals surface area contributed by atoms with Crippen molar-refractivity contribution in [2.75, 3.05) is 26.8 Å². The number of para-hydroxylation sites is 1. The lowest BCUT2D eigenvalue weighted by Gasteiger charge is -2.13. The molecule has 0 aliphatic carbocycles. The number of benzene rings is 2. The summed E-state index contributed by atoms with van der Waals surface area (Å²) < 4.78 is 17.6. The summed E-state index contributed by atoms with van der Waals surface area (Å²) >= 11 is 0. The summed E-state index contributed by atoms with van der Waals surface area (Å²) in [6, 6.07) is 10.7. The van der Waals surface area contributed by atoms with Gasteiger partial charge < -0.3 is 14.2 Å². The Hall–Kier alpha value is -3.55. The van der Waals surface area contributed by atoms with Gasteiger partial charge in [0.05, 0.1) is 44.0 Å². The number of hydrogen-bond acceptors (Lipinski definition) is 7. The number of ether oxygens (including phenoxy) is 3. The molecule has 0 spiro atoms. The molecule has 8 nitrogen and oxygen atoms in total. The fraction of sp³-hybridized carbons (Fsp3) is 0.250. The molecule has 0 bridgehead atoms. The van der Waals surface area contributed by atoms with Gasteiger partial charge in [0.25, 0.3) is 5.56 Å². The van der Waals surface area contributed by atoms with Gasteiger partial charge in [0.2, 0.25) is 5.95 Å². The first-order valence-electron chi connectivity index (χ1n) is 8.71. The lowest BCUT2D eigenvalue weighted by molar-refractivity contribution is 0.374. The predicted octanol–water partition coefficient (Wildman–Crippen LogP) is 2.89. The molecule has 0 unspecified atom stereocenters. The molecule has 0 atom stereocenters. The summed E-state index contributed by atoms with van der Waals surface area (Å²) in [5.41, 5.74) is 3.97. The summed E-state index contributed by atoms with van der Waals surface area (Å²) in [4.78, 5) is 17.2. The van der Waals surface area contributed by atoms with Crippen molar-refractivity contribution in [3.8, 4) is 17.2 Å². The van der Waals surface area contributed by atoms with E-state index < -0.39 is 0 Å². The van der Waals surface area contributed by atoms with Crippen molar-refractivity contribution in [1.29, 1.82) is 0 Å². The number of nitrogens with zero attached hydrogens (tertiary/aromatic N) is 3. The second-order valence-electron chi connectivity index (χ2n) is 5.82. The highest BCUT2D eigenvalue weighted by Crippen LogP contribution is 2.32. The fourth-order valence-corrected chi connectivity index (χ4v) is 2.86. The molecule has 1 N–H and O–H groups in total. The van der Waals surface area contributed by atoms with Crippen molar-refractivity contribution >= 4 is 23.1 Å². The molecule has 3 rings (SSSR count). The van der Waals surface area contributed by atoms with E-state index in [0.29, 0.717) is 46.2 Å². The molecule has 0 aliphatic heterocycles. The highest BCUT2D eigenvalue weighted by Gasteiger charge is 2.12. The average molecular weight is 382 g/mol. The molecule has 1 heterocycles. The number of aromatic nitrogens is 2. The minimum atomic E-state index is -0.120. The van der Waals surface area contributed by atoms with Gasteiger partial charge in [-0.1, -0.05) is 12.1 Å². The fourth-order valence-electron chi connectivity index (χ4n) is 2.86. The first kappa shape index (κ1) is 19.2. The third kappa shape index (κ3) is 3.62. The summed E-state index contributed by atoms with van der Waals surface area (Å²) in [5.74, 6) is 2.05. The minimum absolute atomic E-state index is 0.120. The Morgan fingerprint density at radius 3 is 2.39 bits per heavy atom. The molecule has 2 aromatic carbocycles. The van der Waals surface area contributed by atoms with Gasteiger partial charge in [-0.3, -0.25) is 9.36 Å². The Morgan fingerprint density at radius 1 is 1.11 bits per heavy atom. The maximum absolute atomic E-state index is 12.7. The number of nitrogens with one attached hydrogen (secondary N) is 1. The zero-order valence-electron chi connectivity index (χ0n) is 16.2. The quantitative estimate of drug-likeness (QED) is 0.499. The monoisotopic (exact) mass is 382 g/mol. The number of hydrazone groups is 1. The normalized spacial score (nSPS) is 11.0. The number of rotatable bonds is 7. The van der Waals surface area contributed by atoms with Crippen LogP contribution in [0, 0.1) is 0 Å². The van der Waals surface area contributed by atoms with E-state index in [1.54, 1.807) is 51.8 Å². The van der Waals surface area contributed by atoms with Crippen molar-refractivity contribution < 1.29 is 14.2 Å². The van der Waals surface area contributed by atoms with Gasteiger partial charge in [0, 0.05) is 18.7 Å². The van der Waals surface area contributed by atoms with E-state index in [9.17, 15) is 4.79 Å². The van der Waals surface area contributed by atoms with Gasteiger partial charge in [0.1, 0.15) is 17.2 Å². The van der Waals surface area contributed by atoms with E-state index in [0.717, 1.165) is 0 Å². The first-order valence-corrected chi connectivity index (χ1v) is 8.71. The van der Waals surface area contributed by atoms with Crippen LogP contribution in [0.1, 0.15) is 12.5 Å². The topological polar surface area (TPSA) is 87.0 Å². The highest BCUT2D eigenvalue weighted by atomic mass is 16.5. The molecule has 3 aromatic rings. The zero-order chi connectivity index (χ0) is 20.1. The van der Waals surface area contributed by atoms with E-state index in [2.05, 4.69) is 15.5 Å². The third-order valence-electron chi connectivity index (χ3n) is 4.29. The summed E-state index contributed by atoms with van der Waals surface area (Å²) in [6.45, 7) is 2.34. The number of hydrogen-bond donors (Lipinski definition) is 1. The predicted molar refractivity (Wildman–Crippen MR) is 109 cm³/mol. The molecule has 8 heteroatoms. The van der Waals surface area contributed by atoms with E-state index in [1.807, 2.05) is 19.1 Å². The number of methoxy groups -OCH3 is 3. The van der Waals surface area contributed by atoms with Gasteiger partial charge >= 0.3 is 0 Å². The largest absolute Gasteiger partial charge is 0.496 e. The molecule has 0 radical (unpaired) electrons. The van der Waals surface area contributed by atoms with E-state index in [-0.39, 0.29) is 5.56 Å². The minimum Gasteiger partial charge on any atom is -0.496 e. The van der Waals surface area contributed by atoms with E-state index >= 15 is 0 Å². The van der Waals surface area contributed by atoms with Crippen LogP contribution in [0.2, 0.25) is 0 Å². The van der Waals surface area contributed by atoms with Crippen LogP contribution in [0.25, 0.3) is 10.9 Å². The maximum Gasteiger partial charge on any atom is 0.262 e. The Bertz CT molecular complexity index is 1050. The van der Waals surface area contributed by atoms with Crippen LogP contribution in [-0.2, 0) is 6.54 Å². The van der Waals surface area contributed by atoms with Crippen LogP contribution in [0.3, 0.4) is 0 Å². The number of fused-ring (bicyclic) bond motifs is 1. The Kier molecular flexibility index (Phi) is 5.78. The second-order valence-corrected chi connectivity index (χ2v) is 5.82. The van der Waals surface area contributed by atoms with Crippen LogP contribution in [-0.4, -0.2) is 37.1 Å². The standard InChI is InChI=1S/C20H22N4O4/c1-5-24-19(25)14-8-6-7-9-16(14)22-20(24)23-21-12-15-17(27-3)10-13(26-2)11-18(15)28-4/h6-12H,5H2,1-4H3,(H,22,23)/b21-12-. The van der Waals surface area contributed by atoms with E-state index in [4.69, 9.17) is 14.2 Å². The Balaban J connectivity index is 1.99. The van der Waals surface area contributed by atoms with Gasteiger partial charge in [-0.15, -0.1) is 0 Å². The molecule has 0 saturated carbocycles. The van der Waals surface area contributed by atoms with Crippen LogP contribution in [0.15, 0.2) is 46.3 Å². The van der Waals surface area contributed by atoms with Crippen LogP contribution < -0.4 is 25.2 Å². The van der Waals surface area contributed by atoms with Gasteiger partial charge in [-0.2, -0.15) is 5.10 Å². The smallest absolute Gasteiger partial charge is 0.262 e. The Morgan fingerprint density at radius 2 is 1.79 bits per heavy atom. The third-order valence-corrected chi connectivity index (χ3v) is 4.29. The lowest BCUT2D eigenvalue weighted by Crippen LogP contribution is -2.23. The summed E-state index contributed by atoms with van der Waals surface area (Å²) in [6.07, 6.45) is 1.55. The van der Waals surface area contributed by atoms with Gasteiger partial charge in [0.15, 0.2) is 0 Å². The lowest BCUT2D eigenvalue weighted by atomic mass is 10.2. The van der Waals surface area contributed by atoms with E-state index in [1.165, 1.54) is 4.57 Å². The molecule has 0 saturated heterocycles. The number of anilines is 1. The van der Waals surface area contributed by atoms with Crippen molar-refractivity contribution in [3.63, 3.8) is 0 Å². The van der Waals surface area contributed by atoms with Crippen molar-refractivity contribution in [2.45, 2.75) is 13.5 Å². The van der Waals surface area contributed by atoms with Crippen LogP contribution in [0.4, 0.5) is 5.95 Å². The van der Waals surface area contributed by atoms with Crippen molar-refractivity contribution in [1.82, 2.24) is 9.55 Å². The summed E-state index contributed by atoms with van der Waals surface area (Å²) in [7, 11) is 4.68. The molecular weight excluding hydrogens is 360 g/mol. The average Bonchev–Trinajstić information content (AvgIpc) is 2.73.